The van der Waals surface area contributed by atoms with Crippen LogP contribution < -0.4 is 15.5 Å². The molecule has 4 rings (SSSR count). The van der Waals surface area contributed by atoms with Gasteiger partial charge in [0.1, 0.15) is 0 Å². The maximum Gasteiger partial charge on any atom is 0.230 e. The van der Waals surface area contributed by atoms with E-state index >= 15 is 0 Å². The van der Waals surface area contributed by atoms with Gasteiger partial charge in [-0.05, 0) is 94.7 Å². The van der Waals surface area contributed by atoms with E-state index in [0.717, 1.165) is 82.7 Å². The molecule has 3 aliphatic rings. The molecule has 40 heavy (non-hydrogen) atoms. The van der Waals surface area contributed by atoms with Crippen LogP contribution in [0, 0.1) is 29.1 Å². The Labute approximate surface area is 242 Å². The summed E-state index contributed by atoms with van der Waals surface area (Å²) in [5.74, 6) is 0.946. The lowest BCUT2D eigenvalue weighted by atomic mass is 9.69. The average Bonchev–Trinajstić information content (AvgIpc) is 2.93. The van der Waals surface area contributed by atoms with Gasteiger partial charge in [-0.3, -0.25) is 14.4 Å². The van der Waals surface area contributed by atoms with Crippen molar-refractivity contribution in [2.75, 3.05) is 15.5 Å². The minimum atomic E-state index is -0.0325. The minimum Gasteiger partial charge on any atom is -0.326 e. The van der Waals surface area contributed by atoms with Gasteiger partial charge in [-0.1, -0.05) is 59.3 Å². The molecule has 3 saturated carbocycles. The van der Waals surface area contributed by atoms with Crippen molar-refractivity contribution in [3.63, 3.8) is 0 Å². The van der Waals surface area contributed by atoms with E-state index in [-0.39, 0.29) is 46.9 Å². The average molecular weight is 552 g/mol. The van der Waals surface area contributed by atoms with Gasteiger partial charge in [-0.25, -0.2) is 0 Å². The molecule has 6 heteroatoms. The summed E-state index contributed by atoms with van der Waals surface area (Å²) in [6, 6.07) is 5.68. The van der Waals surface area contributed by atoms with Crippen LogP contribution in [0.1, 0.15) is 125 Å². The monoisotopic (exact) mass is 551 g/mol. The van der Waals surface area contributed by atoms with E-state index in [4.69, 9.17) is 0 Å². The van der Waals surface area contributed by atoms with Gasteiger partial charge in [0.05, 0.1) is 0 Å². The first-order valence-corrected chi connectivity index (χ1v) is 16.1. The summed E-state index contributed by atoms with van der Waals surface area (Å²) in [5, 5.41) is 6.33. The van der Waals surface area contributed by atoms with E-state index in [0.29, 0.717) is 17.3 Å². The molecule has 0 spiro atoms. The number of carbonyl (C=O) groups excluding carboxylic acids is 3. The number of hydrogen-bond acceptors (Lipinski definition) is 3. The Morgan fingerprint density at radius 3 is 1.57 bits per heavy atom. The Morgan fingerprint density at radius 2 is 1.12 bits per heavy atom. The largest absolute Gasteiger partial charge is 0.326 e. The Hall–Kier alpha value is -2.37. The number of carbonyl (C=O) groups is 3. The van der Waals surface area contributed by atoms with Crippen LogP contribution in [-0.4, -0.2) is 23.8 Å². The van der Waals surface area contributed by atoms with Crippen LogP contribution in [-0.2, 0) is 14.4 Å². The maximum absolute atomic E-state index is 13.8. The number of nitrogens with one attached hydrogen (secondary N) is 2. The molecule has 2 N–H and O–H groups in total. The molecule has 0 unspecified atom stereocenters. The molecule has 0 saturated heterocycles. The highest BCUT2D eigenvalue weighted by atomic mass is 16.2. The summed E-state index contributed by atoms with van der Waals surface area (Å²) in [4.78, 5) is 42.2. The van der Waals surface area contributed by atoms with Gasteiger partial charge < -0.3 is 15.5 Å². The fourth-order valence-electron chi connectivity index (χ4n) is 7.20. The first-order chi connectivity index (χ1) is 19.0. The zero-order chi connectivity index (χ0) is 28.9. The molecule has 3 amide bonds. The van der Waals surface area contributed by atoms with E-state index in [9.17, 15) is 14.4 Å². The number of benzene rings is 1. The van der Waals surface area contributed by atoms with Gasteiger partial charge in [0, 0.05) is 40.9 Å². The standard InChI is InChI=1S/C34H53N3O3/c1-23(2)37(33(40)26-14-10-7-11-15-26)30-21-28(35-31(38)24-12-8-6-9-13-24)20-29(22-30)36-32(39)25-16-18-27(19-17-25)34(3,4)5/h20-27H,6-19H2,1-5H3,(H,35,38)(H,36,39)/t25-,27+. The number of nitrogens with zero attached hydrogens (tertiary/aromatic N) is 1. The summed E-state index contributed by atoms with van der Waals surface area (Å²) in [5.41, 5.74) is 2.33. The SMILES string of the molecule is CC(C)N(C(=O)C1CCCCC1)c1cc(NC(=O)C2CCCCC2)cc(NC(=O)[C@H]2CC[C@@H](C(C)(C)C)CC2)c1. The van der Waals surface area contributed by atoms with E-state index in [1.165, 1.54) is 12.8 Å². The Balaban J connectivity index is 1.56. The van der Waals surface area contributed by atoms with Gasteiger partial charge in [0.25, 0.3) is 0 Å². The normalized spacial score (nSPS) is 23.1. The van der Waals surface area contributed by atoms with Crippen LogP contribution in [0.5, 0.6) is 0 Å². The molecule has 6 nitrogen and oxygen atoms in total. The number of amides is 3. The van der Waals surface area contributed by atoms with Gasteiger partial charge >= 0.3 is 0 Å². The smallest absolute Gasteiger partial charge is 0.230 e. The van der Waals surface area contributed by atoms with Gasteiger partial charge in [0.2, 0.25) is 17.7 Å². The Kier molecular flexibility index (Phi) is 10.3. The van der Waals surface area contributed by atoms with Crippen molar-refractivity contribution < 1.29 is 14.4 Å². The van der Waals surface area contributed by atoms with Crippen LogP contribution in [0.15, 0.2) is 18.2 Å². The lowest BCUT2D eigenvalue weighted by molar-refractivity contribution is -0.123. The predicted octanol–water partition coefficient (Wildman–Crippen LogP) is 8.32. The van der Waals surface area contributed by atoms with E-state index in [1.54, 1.807) is 0 Å². The second kappa shape index (κ2) is 13.5. The van der Waals surface area contributed by atoms with Gasteiger partial charge in [-0.15, -0.1) is 0 Å². The van der Waals surface area contributed by atoms with Crippen molar-refractivity contribution in [2.45, 2.75) is 131 Å². The predicted molar refractivity (Wildman–Crippen MR) is 164 cm³/mol. The summed E-state index contributed by atoms with van der Waals surface area (Å²) in [6.07, 6.45) is 14.4. The van der Waals surface area contributed by atoms with E-state index in [1.807, 2.05) is 36.9 Å². The zero-order valence-electron chi connectivity index (χ0n) is 25.7. The van der Waals surface area contributed by atoms with Crippen molar-refractivity contribution in [1.29, 1.82) is 0 Å². The van der Waals surface area contributed by atoms with Crippen LogP contribution in [0.4, 0.5) is 17.1 Å². The summed E-state index contributed by atoms with van der Waals surface area (Å²) < 4.78 is 0. The molecule has 0 heterocycles. The first kappa shape index (κ1) is 30.6. The Morgan fingerprint density at radius 1 is 0.675 bits per heavy atom. The molecule has 0 aromatic heterocycles. The fraction of sp³-hybridized carbons (Fsp3) is 0.735. The fourth-order valence-corrected chi connectivity index (χ4v) is 7.20. The van der Waals surface area contributed by atoms with Crippen molar-refractivity contribution in [3.8, 4) is 0 Å². The van der Waals surface area contributed by atoms with Crippen LogP contribution in [0.3, 0.4) is 0 Å². The van der Waals surface area contributed by atoms with Crippen LogP contribution in [0.25, 0.3) is 0 Å². The van der Waals surface area contributed by atoms with E-state index in [2.05, 4.69) is 31.4 Å². The number of rotatable bonds is 7. The first-order valence-electron chi connectivity index (χ1n) is 16.1. The lowest BCUT2D eigenvalue weighted by Crippen LogP contribution is -2.42. The highest BCUT2D eigenvalue weighted by molar-refractivity contribution is 6.00. The molecular weight excluding hydrogens is 498 g/mol. The molecule has 0 atom stereocenters. The topological polar surface area (TPSA) is 78.5 Å². The second-order valence-corrected chi connectivity index (χ2v) is 14.1. The van der Waals surface area contributed by atoms with Gasteiger partial charge in [0.15, 0.2) is 0 Å². The highest BCUT2D eigenvalue weighted by Crippen LogP contribution is 2.40. The van der Waals surface area contributed by atoms with Crippen molar-refractivity contribution >= 4 is 34.8 Å². The lowest BCUT2D eigenvalue weighted by Gasteiger charge is -2.36. The summed E-state index contributed by atoms with van der Waals surface area (Å²) in [6.45, 7) is 11.0. The third-order valence-electron chi connectivity index (χ3n) is 9.74. The van der Waals surface area contributed by atoms with Crippen LogP contribution >= 0.6 is 0 Å². The second-order valence-electron chi connectivity index (χ2n) is 14.1. The van der Waals surface area contributed by atoms with Crippen molar-refractivity contribution in [1.82, 2.24) is 0 Å². The van der Waals surface area contributed by atoms with Gasteiger partial charge in [-0.2, -0.15) is 0 Å². The molecule has 1 aromatic rings. The van der Waals surface area contributed by atoms with Crippen molar-refractivity contribution in [2.24, 2.45) is 29.1 Å². The molecule has 1 aromatic carbocycles. The molecule has 3 fully saturated rings. The summed E-state index contributed by atoms with van der Waals surface area (Å²) in [7, 11) is 0. The number of anilines is 3. The summed E-state index contributed by atoms with van der Waals surface area (Å²) >= 11 is 0. The maximum atomic E-state index is 13.8. The molecule has 0 bridgehead atoms. The third-order valence-corrected chi connectivity index (χ3v) is 9.74. The molecule has 0 aliphatic heterocycles. The molecule has 0 radical (unpaired) electrons. The Bertz CT molecular complexity index is 1020. The van der Waals surface area contributed by atoms with Crippen molar-refractivity contribution in [3.05, 3.63) is 18.2 Å². The highest BCUT2D eigenvalue weighted by Gasteiger charge is 2.33. The number of hydrogen-bond donors (Lipinski definition) is 2. The van der Waals surface area contributed by atoms with Crippen LogP contribution in [0.2, 0.25) is 0 Å². The minimum absolute atomic E-state index is 0.00684. The zero-order valence-corrected chi connectivity index (χ0v) is 25.7. The molecular formula is C34H53N3O3. The van der Waals surface area contributed by atoms with E-state index < -0.39 is 0 Å². The quantitative estimate of drug-likeness (QED) is 0.358. The molecule has 3 aliphatic carbocycles. The molecule has 222 valence electrons. The third kappa shape index (κ3) is 7.88.